The molecule has 0 bridgehead atoms. The van der Waals surface area contributed by atoms with Gasteiger partial charge in [0.2, 0.25) is 5.91 Å². The van der Waals surface area contributed by atoms with Crippen molar-refractivity contribution in [3.8, 4) is 5.75 Å². The number of hydrogen-bond acceptors (Lipinski definition) is 4. The number of aryl methyl sites for hydroxylation is 1. The fraction of sp³-hybridized carbons (Fsp3) is 0.174. The quantitative estimate of drug-likeness (QED) is 0.537. The summed E-state index contributed by atoms with van der Waals surface area (Å²) in [5, 5.41) is 2.29. The van der Waals surface area contributed by atoms with Crippen molar-refractivity contribution in [3.63, 3.8) is 0 Å². The van der Waals surface area contributed by atoms with Gasteiger partial charge in [-0.2, -0.15) is 0 Å². The number of carbonyl (C=O) groups is 1. The van der Waals surface area contributed by atoms with E-state index in [-0.39, 0.29) is 16.3 Å². The van der Waals surface area contributed by atoms with Crippen LogP contribution in [0.25, 0.3) is 0 Å². The molecule has 6 nitrogen and oxygen atoms in total. The predicted molar refractivity (Wildman–Crippen MR) is 118 cm³/mol. The van der Waals surface area contributed by atoms with E-state index in [4.69, 9.17) is 4.74 Å². The summed E-state index contributed by atoms with van der Waals surface area (Å²) in [5.74, 6) is -2.01. The summed E-state index contributed by atoms with van der Waals surface area (Å²) in [7, 11) is -4.12. The molecule has 0 spiro atoms. The van der Waals surface area contributed by atoms with Gasteiger partial charge in [0, 0.05) is 6.07 Å². The van der Waals surface area contributed by atoms with Gasteiger partial charge in [-0.15, -0.1) is 0 Å². The monoisotopic (exact) mass is 460 g/mol. The number of halogens is 2. The molecule has 0 saturated heterocycles. The Morgan fingerprint density at radius 2 is 1.66 bits per heavy atom. The molecule has 0 heterocycles. The lowest BCUT2D eigenvalue weighted by molar-refractivity contribution is -0.114. The van der Waals surface area contributed by atoms with Crippen molar-refractivity contribution in [2.75, 3.05) is 22.8 Å². The van der Waals surface area contributed by atoms with Gasteiger partial charge in [-0.1, -0.05) is 17.7 Å². The van der Waals surface area contributed by atoms with Gasteiger partial charge in [0.15, 0.2) is 0 Å². The summed E-state index contributed by atoms with van der Waals surface area (Å²) in [4.78, 5) is 12.6. The maximum Gasteiger partial charge on any atom is 0.264 e. The molecular formula is C23H22F2N2O4S. The number of sulfonamides is 1. The van der Waals surface area contributed by atoms with E-state index in [0.717, 1.165) is 22.0 Å². The first-order valence-electron chi connectivity index (χ1n) is 9.78. The van der Waals surface area contributed by atoms with Crippen molar-refractivity contribution in [2.24, 2.45) is 0 Å². The van der Waals surface area contributed by atoms with Crippen LogP contribution in [-0.4, -0.2) is 27.5 Å². The van der Waals surface area contributed by atoms with Crippen molar-refractivity contribution < 1.29 is 26.7 Å². The van der Waals surface area contributed by atoms with Crippen LogP contribution in [0, 0.1) is 18.6 Å². The van der Waals surface area contributed by atoms with Gasteiger partial charge < -0.3 is 10.1 Å². The number of rotatable bonds is 8. The Morgan fingerprint density at radius 1 is 1.00 bits per heavy atom. The third kappa shape index (κ3) is 5.42. The van der Waals surface area contributed by atoms with E-state index in [1.165, 1.54) is 24.3 Å². The van der Waals surface area contributed by atoms with E-state index in [0.29, 0.717) is 18.4 Å². The SMILES string of the molecule is CCOc1ccc(N(CC(=O)Nc2ccc(F)cc2F)S(=O)(=O)c2ccc(C)cc2)cc1. The van der Waals surface area contributed by atoms with Crippen molar-refractivity contribution in [1.82, 2.24) is 0 Å². The van der Waals surface area contributed by atoms with E-state index in [9.17, 15) is 22.0 Å². The summed E-state index contributed by atoms with van der Waals surface area (Å²) >= 11 is 0. The zero-order valence-corrected chi connectivity index (χ0v) is 18.3. The van der Waals surface area contributed by atoms with Gasteiger partial charge in [-0.25, -0.2) is 17.2 Å². The zero-order valence-electron chi connectivity index (χ0n) is 17.5. The first-order valence-corrected chi connectivity index (χ1v) is 11.2. The van der Waals surface area contributed by atoms with Crippen LogP contribution in [0.15, 0.2) is 71.6 Å². The maximum atomic E-state index is 13.9. The van der Waals surface area contributed by atoms with Gasteiger partial charge in [-0.05, 0) is 62.4 Å². The molecule has 0 saturated carbocycles. The van der Waals surface area contributed by atoms with Crippen molar-refractivity contribution >= 4 is 27.3 Å². The Kier molecular flexibility index (Phi) is 7.09. The average molecular weight is 461 g/mol. The Balaban J connectivity index is 1.94. The number of nitrogens with one attached hydrogen (secondary N) is 1. The van der Waals surface area contributed by atoms with Crippen LogP contribution in [-0.2, 0) is 14.8 Å². The van der Waals surface area contributed by atoms with Crippen LogP contribution in [0.2, 0.25) is 0 Å². The van der Waals surface area contributed by atoms with Crippen LogP contribution >= 0.6 is 0 Å². The van der Waals surface area contributed by atoms with Crippen LogP contribution < -0.4 is 14.4 Å². The summed E-state index contributed by atoms with van der Waals surface area (Å²) in [6.45, 7) is 3.46. The molecule has 0 aromatic heterocycles. The molecule has 32 heavy (non-hydrogen) atoms. The highest BCUT2D eigenvalue weighted by molar-refractivity contribution is 7.92. The van der Waals surface area contributed by atoms with Crippen LogP contribution in [0.5, 0.6) is 5.75 Å². The van der Waals surface area contributed by atoms with Crippen molar-refractivity contribution in [1.29, 1.82) is 0 Å². The van der Waals surface area contributed by atoms with Crippen molar-refractivity contribution in [3.05, 3.63) is 83.9 Å². The third-order valence-corrected chi connectivity index (χ3v) is 6.33. The summed E-state index contributed by atoms with van der Waals surface area (Å²) < 4.78 is 60.0. The summed E-state index contributed by atoms with van der Waals surface area (Å²) in [6, 6.07) is 15.1. The zero-order chi connectivity index (χ0) is 23.3. The van der Waals surface area contributed by atoms with E-state index in [1.807, 2.05) is 13.8 Å². The van der Waals surface area contributed by atoms with Crippen LogP contribution in [0.1, 0.15) is 12.5 Å². The number of carbonyl (C=O) groups excluding carboxylic acids is 1. The van der Waals surface area contributed by atoms with Crippen LogP contribution in [0.4, 0.5) is 20.2 Å². The van der Waals surface area contributed by atoms with E-state index in [2.05, 4.69) is 5.32 Å². The molecule has 3 aromatic rings. The van der Waals surface area contributed by atoms with Gasteiger partial charge in [0.1, 0.15) is 23.9 Å². The fourth-order valence-corrected chi connectivity index (χ4v) is 4.36. The topological polar surface area (TPSA) is 75.7 Å². The van der Waals surface area contributed by atoms with E-state index < -0.39 is 34.1 Å². The molecule has 0 aliphatic heterocycles. The number of nitrogens with zero attached hydrogens (tertiary/aromatic N) is 1. The predicted octanol–water partition coefficient (Wildman–Crippen LogP) is 4.51. The normalized spacial score (nSPS) is 11.1. The smallest absolute Gasteiger partial charge is 0.264 e. The molecule has 0 unspecified atom stereocenters. The number of ether oxygens (including phenoxy) is 1. The lowest BCUT2D eigenvalue weighted by Crippen LogP contribution is -2.38. The molecule has 1 amide bonds. The first kappa shape index (κ1) is 23.2. The largest absolute Gasteiger partial charge is 0.494 e. The molecule has 0 aliphatic carbocycles. The van der Waals surface area contributed by atoms with Gasteiger partial charge in [0.05, 0.1) is 22.9 Å². The summed E-state index contributed by atoms with van der Waals surface area (Å²) in [6.07, 6.45) is 0. The minimum Gasteiger partial charge on any atom is -0.494 e. The molecule has 0 fully saturated rings. The second-order valence-electron chi connectivity index (χ2n) is 6.92. The highest BCUT2D eigenvalue weighted by Crippen LogP contribution is 2.26. The third-order valence-electron chi connectivity index (χ3n) is 4.54. The Hall–Kier alpha value is -3.46. The van der Waals surface area contributed by atoms with Gasteiger partial charge in [-0.3, -0.25) is 9.10 Å². The minimum atomic E-state index is -4.12. The molecule has 3 aromatic carbocycles. The molecule has 9 heteroatoms. The second-order valence-corrected chi connectivity index (χ2v) is 8.79. The molecule has 1 N–H and O–H groups in total. The number of benzene rings is 3. The standard InChI is InChI=1S/C23H22F2N2O4S/c1-3-31-19-9-7-18(8-10-19)27(32(29,30)20-11-4-16(2)5-12-20)15-23(28)26-22-13-6-17(24)14-21(22)25/h4-14H,3,15H2,1-2H3,(H,26,28). The summed E-state index contributed by atoms with van der Waals surface area (Å²) in [5.41, 5.74) is 0.848. The number of amides is 1. The molecule has 0 aliphatic rings. The molecule has 3 rings (SSSR count). The van der Waals surface area contributed by atoms with Gasteiger partial charge >= 0.3 is 0 Å². The fourth-order valence-electron chi connectivity index (χ4n) is 2.94. The van der Waals surface area contributed by atoms with Gasteiger partial charge in [0.25, 0.3) is 10.0 Å². The maximum absolute atomic E-state index is 13.9. The highest BCUT2D eigenvalue weighted by Gasteiger charge is 2.27. The first-order chi connectivity index (χ1) is 15.2. The molecule has 0 radical (unpaired) electrons. The van der Waals surface area contributed by atoms with E-state index >= 15 is 0 Å². The van der Waals surface area contributed by atoms with E-state index in [1.54, 1.807) is 24.3 Å². The lowest BCUT2D eigenvalue weighted by atomic mass is 10.2. The highest BCUT2D eigenvalue weighted by atomic mass is 32.2. The Labute approximate surface area is 185 Å². The molecular weight excluding hydrogens is 438 g/mol. The second kappa shape index (κ2) is 9.78. The average Bonchev–Trinajstić information content (AvgIpc) is 2.75. The minimum absolute atomic E-state index is 0.00209. The number of anilines is 2. The Morgan fingerprint density at radius 3 is 2.25 bits per heavy atom. The number of hydrogen-bond donors (Lipinski definition) is 1. The molecule has 168 valence electrons. The lowest BCUT2D eigenvalue weighted by Gasteiger charge is -2.24. The Bertz CT molecular complexity index is 1200. The molecule has 0 atom stereocenters. The van der Waals surface area contributed by atoms with Crippen molar-refractivity contribution in [2.45, 2.75) is 18.7 Å². The van der Waals surface area contributed by atoms with Crippen LogP contribution in [0.3, 0.4) is 0 Å².